The summed E-state index contributed by atoms with van der Waals surface area (Å²) in [5.41, 5.74) is 1.20. The molecule has 0 spiro atoms. The molecule has 0 aliphatic heterocycles. The summed E-state index contributed by atoms with van der Waals surface area (Å²) < 4.78 is 29.9. The van der Waals surface area contributed by atoms with Gasteiger partial charge in [-0.2, -0.15) is 4.31 Å². The Hall–Kier alpha value is -1.56. The molecular weight excluding hydrogens is 545 g/mol. The van der Waals surface area contributed by atoms with Crippen LogP contribution in [0.1, 0.15) is 38.1 Å². The zero-order valence-corrected chi connectivity index (χ0v) is 21.7. The van der Waals surface area contributed by atoms with Gasteiger partial charge >= 0.3 is 0 Å². The van der Waals surface area contributed by atoms with Gasteiger partial charge in [0.1, 0.15) is 0 Å². The van der Waals surface area contributed by atoms with Crippen molar-refractivity contribution in [2.24, 2.45) is 11.8 Å². The third-order valence-electron chi connectivity index (χ3n) is 4.46. The highest BCUT2D eigenvalue weighted by atomic mass is 127. The molecule has 3 rings (SSSR count). The number of rotatable bonds is 8. The minimum atomic E-state index is -3.62. The van der Waals surface area contributed by atoms with Gasteiger partial charge in [0.15, 0.2) is 5.13 Å². The molecule has 1 amide bonds. The van der Waals surface area contributed by atoms with Crippen LogP contribution in [0.4, 0.5) is 5.13 Å². The second-order valence-corrected chi connectivity index (χ2v) is 12.4. The molecule has 3 aromatic rings. The smallest absolute Gasteiger partial charge is 0.257 e. The standard InChI is InChI=1S/C22H26IN3O3S2/c1-14(2)12-26(13-15(3)4)31(28,29)18-9-10-19-20(11-18)30-22(24-19)25-21(27)16-5-7-17(23)8-6-16/h5-11,14-15H,12-13H2,1-4H3,(H,24,25,27). The zero-order valence-electron chi connectivity index (χ0n) is 17.9. The zero-order chi connectivity index (χ0) is 22.8. The molecule has 6 nitrogen and oxygen atoms in total. The molecule has 0 saturated carbocycles. The Balaban J connectivity index is 1.87. The van der Waals surface area contributed by atoms with Crippen molar-refractivity contribution in [1.82, 2.24) is 9.29 Å². The van der Waals surface area contributed by atoms with Gasteiger partial charge < -0.3 is 0 Å². The molecule has 0 fully saturated rings. The predicted molar refractivity (Wildman–Crippen MR) is 135 cm³/mol. The highest BCUT2D eigenvalue weighted by Crippen LogP contribution is 2.30. The number of sulfonamides is 1. The van der Waals surface area contributed by atoms with Gasteiger partial charge in [-0.25, -0.2) is 13.4 Å². The van der Waals surface area contributed by atoms with Crippen LogP contribution in [0.5, 0.6) is 0 Å². The van der Waals surface area contributed by atoms with Crippen molar-refractivity contribution >= 4 is 65.2 Å². The fourth-order valence-electron chi connectivity index (χ4n) is 3.12. The number of nitrogens with zero attached hydrogens (tertiary/aromatic N) is 2. The third kappa shape index (κ3) is 6.03. The number of carbonyl (C=O) groups excluding carboxylic acids is 1. The molecular formula is C22H26IN3O3S2. The monoisotopic (exact) mass is 571 g/mol. The lowest BCUT2D eigenvalue weighted by molar-refractivity contribution is 0.102. The number of hydrogen-bond donors (Lipinski definition) is 1. The highest BCUT2D eigenvalue weighted by molar-refractivity contribution is 14.1. The van der Waals surface area contributed by atoms with Crippen LogP contribution in [0.25, 0.3) is 10.2 Å². The first-order chi connectivity index (χ1) is 14.6. The van der Waals surface area contributed by atoms with Crippen LogP contribution >= 0.6 is 33.9 Å². The molecule has 0 bridgehead atoms. The number of benzene rings is 2. The van der Waals surface area contributed by atoms with Crippen LogP contribution in [0.3, 0.4) is 0 Å². The summed E-state index contributed by atoms with van der Waals surface area (Å²) in [6, 6.07) is 12.2. The van der Waals surface area contributed by atoms with Crippen LogP contribution in [0.2, 0.25) is 0 Å². The van der Waals surface area contributed by atoms with Gasteiger partial charge in [0.2, 0.25) is 10.0 Å². The molecule has 0 radical (unpaired) electrons. The predicted octanol–water partition coefficient (Wildman–Crippen LogP) is 5.46. The van der Waals surface area contributed by atoms with Gasteiger partial charge in [0.05, 0.1) is 15.1 Å². The molecule has 2 aromatic carbocycles. The summed E-state index contributed by atoms with van der Waals surface area (Å²) in [6.45, 7) is 8.99. The van der Waals surface area contributed by atoms with E-state index in [-0.39, 0.29) is 22.6 Å². The molecule has 31 heavy (non-hydrogen) atoms. The van der Waals surface area contributed by atoms with Gasteiger partial charge in [0, 0.05) is 22.2 Å². The summed E-state index contributed by atoms with van der Waals surface area (Å²) in [4.78, 5) is 17.2. The lowest BCUT2D eigenvalue weighted by Crippen LogP contribution is -2.37. The maximum absolute atomic E-state index is 13.3. The van der Waals surface area contributed by atoms with Crippen molar-refractivity contribution < 1.29 is 13.2 Å². The number of anilines is 1. The number of amides is 1. The van der Waals surface area contributed by atoms with Crippen LogP contribution in [0, 0.1) is 15.4 Å². The number of hydrogen-bond acceptors (Lipinski definition) is 5. The molecule has 0 atom stereocenters. The molecule has 0 saturated heterocycles. The van der Waals surface area contributed by atoms with E-state index in [0.717, 1.165) is 3.57 Å². The van der Waals surface area contributed by atoms with Crippen molar-refractivity contribution in [3.8, 4) is 0 Å². The largest absolute Gasteiger partial charge is 0.298 e. The van der Waals surface area contributed by atoms with Crippen molar-refractivity contribution in [3.63, 3.8) is 0 Å². The molecule has 1 N–H and O–H groups in total. The topological polar surface area (TPSA) is 79.4 Å². The fourth-order valence-corrected chi connectivity index (χ4v) is 6.25. The van der Waals surface area contributed by atoms with E-state index in [9.17, 15) is 13.2 Å². The van der Waals surface area contributed by atoms with Crippen molar-refractivity contribution in [3.05, 3.63) is 51.6 Å². The normalized spacial score (nSPS) is 12.3. The third-order valence-corrected chi connectivity index (χ3v) is 7.94. The van der Waals surface area contributed by atoms with Crippen molar-refractivity contribution in [2.45, 2.75) is 32.6 Å². The van der Waals surface area contributed by atoms with Gasteiger partial charge in [0.25, 0.3) is 5.91 Å². The lowest BCUT2D eigenvalue weighted by Gasteiger charge is -2.25. The first kappa shape index (κ1) is 24.1. The number of nitrogens with one attached hydrogen (secondary N) is 1. The van der Waals surface area contributed by atoms with E-state index < -0.39 is 10.0 Å². The summed E-state index contributed by atoms with van der Waals surface area (Å²) in [5, 5.41) is 3.25. The number of halogens is 1. The summed E-state index contributed by atoms with van der Waals surface area (Å²) >= 11 is 3.45. The van der Waals surface area contributed by atoms with Crippen molar-refractivity contribution in [1.29, 1.82) is 0 Å². The van der Waals surface area contributed by atoms with E-state index in [4.69, 9.17) is 0 Å². The summed E-state index contributed by atoms with van der Waals surface area (Å²) in [7, 11) is -3.62. The molecule has 9 heteroatoms. The Labute approximate surface area is 201 Å². The number of thiazole rings is 1. The first-order valence-corrected chi connectivity index (χ1v) is 13.4. The highest BCUT2D eigenvalue weighted by Gasteiger charge is 2.26. The van der Waals surface area contributed by atoms with Crippen LogP contribution in [-0.4, -0.2) is 36.7 Å². The Bertz CT molecular complexity index is 1160. The Morgan fingerprint density at radius 1 is 1.06 bits per heavy atom. The number of carbonyl (C=O) groups is 1. The van der Waals surface area contributed by atoms with Crippen LogP contribution in [0.15, 0.2) is 47.4 Å². The molecule has 0 unspecified atom stereocenters. The Morgan fingerprint density at radius 2 is 1.68 bits per heavy atom. The maximum Gasteiger partial charge on any atom is 0.257 e. The lowest BCUT2D eigenvalue weighted by atomic mass is 10.2. The Kier molecular flexibility index (Phi) is 7.72. The minimum Gasteiger partial charge on any atom is -0.298 e. The second-order valence-electron chi connectivity index (χ2n) is 8.22. The van der Waals surface area contributed by atoms with E-state index in [0.29, 0.717) is 34.0 Å². The van der Waals surface area contributed by atoms with Gasteiger partial charge in [-0.05, 0) is 76.9 Å². The first-order valence-electron chi connectivity index (χ1n) is 10.0. The second kappa shape index (κ2) is 9.93. The summed E-state index contributed by atoms with van der Waals surface area (Å²) in [6.07, 6.45) is 0. The molecule has 0 aliphatic carbocycles. The number of aromatic nitrogens is 1. The fraction of sp³-hybridized carbons (Fsp3) is 0.364. The maximum atomic E-state index is 13.3. The van der Waals surface area contributed by atoms with Crippen LogP contribution in [-0.2, 0) is 10.0 Å². The number of fused-ring (bicyclic) bond motifs is 1. The minimum absolute atomic E-state index is 0.226. The van der Waals surface area contributed by atoms with Crippen LogP contribution < -0.4 is 5.32 Å². The quantitative estimate of drug-likeness (QED) is 0.365. The molecule has 0 aliphatic rings. The SMILES string of the molecule is CC(C)CN(CC(C)C)S(=O)(=O)c1ccc2nc(NC(=O)c3ccc(I)cc3)sc2c1. The van der Waals surface area contributed by atoms with E-state index in [1.54, 1.807) is 34.6 Å². The molecule has 1 heterocycles. The van der Waals surface area contributed by atoms with Gasteiger partial charge in [-0.15, -0.1) is 0 Å². The van der Waals surface area contributed by atoms with E-state index in [1.807, 2.05) is 39.8 Å². The molecule has 1 aromatic heterocycles. The average Bonchev–Trinajstić information content (AvgIpc) is 3.08. The van der Waals surface area contributed by atoms with Gasteiger partial charge in [-0.1, -0.05) is 39.0 Å². The van der Waals surface area contributed by atoms with E-state index in [2.05, 4.69) is 32.9 Å². The van der Waals surface area contributed by atoms with Gasteiger partial charge in [-0.3, -0.25) is 10.1 Å². The van der Waals surface area contributed by atoms with Crippen molar-refractivity contribution in [2.75, 3.05) is 18.4 Å². The Morgan fingerprint density at radius 3 is 2.26 bits per heavy atom. The summed E-state index contributed by atoms with van der Waals surface area (Å²) in [5.74, 6) is 0.204. The average molecular weight is 572 g/mol. The molecule has 166 valence electrons. The van der Waals surface area contributed by atoms with E-state index >= 15 is 0 Å². The van der Waals surface area contributed by atoms with E-state index in [1.165, 1.54) is 11.3 Å².